The van der Waals surface area contributed by atoms with E-state index in [9.17, 15) is 0 Å². The van der Waals surface area contributed by atoms with E-state index in [0.717, 1.165) is 18.8 Å². The summed E-state index contributed by atoms with van der Waals surface area (Å²) in [6, 6.07) is 0. The van der Waals surface area contributed by atoms with E-state index in [-0.39, 0.29) is 5.54 Å². The molecule has 0 amide bonds. The molecule has 0 radical (unpaired) electrons. The van der Waals surface area contributed by atoms with Crippen LogP contribution in [0.1, 0.15) is 26.6 Å². The maximum atomic E-state index is 5.87. The van der Waals surface area contributed by atoms with Crippen LogP contribution in [0.5, 0.6) is 0 Å². The Morgan fingerprint density at radius 3 is 2.75 bits per heavy atom. The van der Waals surface area contributed by atoms with E-state index in [1.165, 1.54) is 0 Å². The third kappa shape index (κ3) is 2.30. The highest BCUT2D eigenvalue weighted by Gasteiger charge is 2.15. The lowest BCUT2D eigenvalue weighted by Gasteiger charge is -2.17. The molecule has 0 aliphatic heterocycles. The van der Waals surface area contributed by atoms with Crippen LogP contribution in [-0.2, 0) is 13.0 Å². The Bertz CT molecular complexity index is 246. The van der Waals surface area contributed by atoms with Gasteiger partial charge in [-0.15, -0.1) is 0 Å². The zero-order valence-corrected chi connectivity index (χ0v) is 7.91. The second-order valence-electron chi connectivity index (χ2n) is 3.66. The average molecular weight is 168 g/mol. The topological polar surface area (TPSA) is 56.7 Å². The van der Waals surface area contributed by atoms with Crippen molar-refractivity contribution < 1.29 is 0 Å². The van der Waals surface area contributed by atoms with E-state index in [1.54, 1.807) is 6.33 Å². The summed E-state index contributed by atoms with van der Waals surface area (Å²) < 4.78 is 1.87. The molecule has 0 bridgehead atoms. The molecule has 0 spiro atoms. The van der Waals surface area contributed by atoms with Gasteiger partial charge in [0.05, 0.1) is 0 Å². The maximum absolute atomic E-state index is 5.87. The van der Waals surface area contributed by atoms with Crippen molar-refractivity contribution in [1.29, 1.82) is 0 Å². The molecule has 1 aromatic heterocycles. The van der Waals surface area contributed by atoms with Gasteiger partial charge in [0.25, 0.3) is 0 Å². The SMILES string of the molecule is CCn1ncnc1CC(C)(C)N. The van der Waals surface area contributed by atoms with Crippen LogP contribution in [-0.4, -0.2) is 20.3 Å². The van der Waals surface area contributed by atoms with Crippen molar-refractivity contribution >= 4 is 0 Å². The smallest absolute Gasteiger partial charge is 0.138 e. The zero-order valence-electron chi connectivity index (χ0n) is 7.91. The number of nitrogens with two attached hydrogens (primary N) is 1. The van der Waals surface area contributed by atoms with E-state index in [0.29, 0.717) is 0 Å². The van der Waals surface area contributed by atoms with Gasteiger partial charge in [-0.3, -0.25) is 4.68 Å². The van der Waals surface area contributed by atoms with Crippen LogP contribution in [0.4, 0.5) is 0 Å². The summed E-state index contributed by atoms with van der Waals surface area (Å²) in [7, 11) is 0. The molecule has 0 aliphatic carbocycles. The number of aryl methyl sites for hydroxylation is 1. The standard InChI is InChI=1S/C8H16N4/c1-4-12-7(10-6-11-12)5-8(2,3)9/h6H,4-5,9H2,1-3H3. The minimum atomic E-state index is -0.208. The Morgan fingerprint density at radius 1 is 1.58 bits per heavy atom. The Labute approximate surface area is 72.8 Å². The highest BCUT2D eigenvalue weighted by molar-refractivity contribution is 4.92. The van der Waals surface area contributed by atoms with Crippen LogP contribution < -0.4 is 5.73 Å². The molecular weight excluding hydrogens is 152 g/mol. The van der Waals surface area contributed by atoms with Crippen molar-refractivity contribution in [1.82, 2.24) is 14.8 Å². The molecule has 4 nitrogen and oxygen atoms in total. The lowest BCUT2D eigenvalue weighted by molar-refractivity contribution is 0.478. The second-order valence-corrected chi connectivity index (χ2v) is 3.66. The molecule has 0 atom stereocenters. The first-order valence-electron chi connectivity index (χ1n) is 4.18. The quantitative estimate of drug-likeness (QED) is 0.718. The lowest BCUT2D eigenvalue weighted by Crippen LogP contribution is -2.35. The van der Waals surface area contributed by atoms with Crippen LogP contribution >= 0.6 is 0 Å². The van der Waals surface area contributed by atoms with Crippen LogP contribution in [0.2, 0.25) is 0 Å². The zero-order chi connectivity index (χ0) is 9.19. The normalized spacial score (nSPS) is 12.0. The predicted octanol–water partition coefficient (Wildman–Crippen LogP) is 0.578. The molecule has 1 heterocycles. The number of nitrogens with zero attached hydrogens (tertiary/aromatic N) is 3. The molecule has 2 N–H and O–H groups in total. The number of rotatable bonds is 3. The summed E-state index contributed by atoms with van der Waals surface area (Å²) in [5.74, 6) is 0.963. The third-order valence-corrected chi connectivity index (χ3v) is 1.61. The van der Waals surface area contributed by atoms with Crippen molar-refractivity contribution in [2.45, 2.75) is 39.3 Å². The van der Waals surface area contributed by atoms with Gasteiger partial charge in [-0.05, 0) is 20.8 Å². The molecule has 12 heavy (non-hydrogen) atoms. The number of hydrogen-bond acceptors (Lipinski definition) is 3. The van der Waals surface area contributed by atoms with Crippen LogP contribution in [0.3, 0.4) is 0 Å². The van der Waals surface area contributed by atoms with Gasteiger partial charge in [0.1, 0.15) is 12.2 Å². The summed E-state index contributed by atoms with van der Waals surface area (Å²) >= 11 is 0. The van der Waals surface area contributed by atoms with Crippen LogP contribution in [0.15, 0.2) is 6.33 Å². The Hall–Kier alpha value is -0.900. The predicted molar refractivity (Wildman–Crippen MR) is 47.7 cm³/mol. The molecule has 4 heteroatoms. The van der Waals surface area contributed by atoms with Gasteiger partial charge in [0.15, 0.2) is 0 Å². The summed E-state index contributed by atoms with van der Waals surface area (Å²) in [5, 5.41) is 4.07. The molecule has 68 valence electrons. The van der Waals surface area contributed by atoms with E-state index < -0.39 is 0 Å². The molecule has 0 aliphatic rings. The lowest BCUT2D eigenvalue weighted by atomic mass is 10.0. The summed E-state index contributed by atoms with van der Waals surface area (Å²) in [6.07, 6.45) is 2.34. The summed E-state index contributed by atoms with van der Waals surface area (Å²) in [6.45, 7) is 6.87. The van der Waals surface area contributed by atoms with Crippen molar-refractivity contribution in [2.75, 3.05) is 0 Å². The molecule has 0 saturated carbocycles. The number of hydrogen-bond donors (Lipinski definition) is 1. The van der Waals surface area contributed by atoms with Crippen LogP contribution in [0, 0.1) is 0 Å². The van der Waals surface area contributed by atoms with Gasteiger partial charge in [-0.2, -0.15) is 5.10 Å². The van der Waals surface area contributed by atoms with E-state index in [1.807, 2.05) is 25.5 Å². The average Bonchev–Trinajstić information content (AvgIpc) is 2.31. The highest BCUT2D eigenvalue weighted by Crippen LogP contribution is 2.06. The highest BCUT2D eigenvalue weighted by atomic mass is 15.3. The first-order valence-corrected chi connectivity index (χ1v) is 4.18. The van der Waals surface area contributed by atoms with Gasteiger partial charge in [0, 0.05) is 18.5 Å². The molecule has 1 rings (SSSR count). The molecule has 0 saturated heterocycles. The van der Waals surface area contributed by atoms with Crippen molar-refractivity contribution in [3.8, 4) is 0 Å². The van der Waals surface area contributed by atoms with Gasteiger partial charge in [0.2, 0.25) is 0 Å². The Balaban J connectivity index is 2.75. The molecule has 0 unspecified atom stereocenters. The monoisotopic (exact) mass is 168 g/mol. The van der Waals surface area contributed by atoms with Gasteiger partial charge in [-0.1, -0.05) is 0 Å². The van der Waals surface area contributed by atoms with Crippen LogP contribution in [0.25, 0.3) is 0 Å². The fourth-order valence-corrected chi connectivity index (χ4v) is 1.10. The molecule has 0 fully saturated rings. The van der Waals surface area contributed by atoms with E-state index in [2.05, 4.69) is 10.1 Å². The van der Waals surface area contributed by atoms with Gasteiger partial charge < -0.3 is 5.73 Å². The first-order chi connectivity index (χ1) is 5.53. The third-order valence-electron chi connectivity index (χ3n) is 1.61. The fourth-order valence-electron chi connectivity index (χ4n) is 1.10. The summed E-state index contributed by atoms with van der Waals surface area (Å²) in [4.78, 5) is 4.14. The van der Waals surface area contributed by atoms with E-state index >= 15 is 0 Å². The van der Waals surface area contributed by atoms with Crippen molar-refractivity contribution in [2.24, 2.45) is 5.73 Å². The fraction of sp³-hybridized carbons (Fsp3) is 0.750. The molecule has 0 aromatic carbocycles. The van der Waals surface area contributed by atoms with E-state index in [4.69, 9.17) is 5.73 Å². The molecular formula is C8H16N4. The largest absolute Gasteiger partial charge is 0.325 e. The second kappa shape index (κ2) is 3.23. The molecule has 1 aromatic rings. The van der Waals surface area contributed by atoms with Gasteiger partial charge >= 0.3 is 0 Å². The first kappa shape index (κ1) is 9.19. The Kier molecular flexibility index (Phi) is 2.47. The minimum Gasteiger partial charge on any atom is -0.325 e. The van der Waals surface area contributed by atoms with Crippen molar-refractivity contribution in [3.05, 3.63) is 12.2 Å². The van der Waals surface area contributed by atoms with Crippen molar-refractivity contribution in [3.63, 3.8) is 0 Å². The van der Waals surface area contributed by atoms with Gasteiger partial charge in [-0.25, -0.2) is 4.98 Å². The number of aromatic nitrogens is 3. The Morgan fingerprint density at radius 2 is 2.25 bits per heavy atom. The maximum Gasteiger partial charge on any atom is 0.138 e. The minimum absolute atomic E-state index is 0.208. The summed E-state index contributed by atoms with van der Waals surface area (Å²) in [5.41, 5.74) is 5.66.